The van der Waals surface area contributed by atoms with Crippen LogP contribution in [0.15, 0.2) is 12.1 Å². The van der Waals surface area contributed by atoms with E-state index in [1.807, 2.05) is 19.1 Å². The van der Waals surface area contributed by atoms with Crippen molar-refractivity contribution in [2.45, 2.75) is 33.1 Å². The molecule has 0 radical (unpaired) electrons. The number of hydrogen-bond donors (Lipinski definition) is 1. The van der Waals surface area contributed by atoms with Gasteiger partial charge in [0.25, 0.3) is 0 Å². The van der Waals surface area contributed by atoms with Crippen LogP contribution >= 0.6 is 0 Å². The number of nitriles is 1. The third kappa shape index (κ3) is 4.50. The van der Waals surface area contributed by atoms with Crippen LogP contribution in [-0.2, 0) is 0 Å². The molecule has 1 aromatic rings. The monoisotopic (exact) mass is 272 g/mol. The van der Waals surface area contributed by atoms with E-state index >= 15 is 0 Å². The average molecular weight is 272 g/mol. The number of anilines is 1. The van der Waals surface area contributed by atoms with Gasteiger partial charge in [0.1, 0.15) is 5.82 Å². The number of pyridine rings is 1. The highest BCUT2D eigenvalue weighted by molar-refractivity contribution is 5.44. The van der Waals surface area contributed by atoms with E-state index in [-0.39, 0.29) is 0 Å². The van der Waals surface area contributed by atoms with Crippen LogP contribution < -0.4 is 5.32 Å². The van der Waals surface area contributed by atoms with E-state index in [0.717, 1.165) is 24.6 Å². The molecular weight excluding hydrogens is 248 g/mol. The van der Waals surface area contributed by atoms with Crippen LogP contribution in [0.2, 0.25) is 0 Å². The molecule has 1 aromatic heterocycles. The van der Waals surface area contributed by atoms with E-state index in [9.17, 15) is 0 Å². The number of likely N-dealkylation sites (tertiary alicyclic amines) is 1. The fourth-order valence-corrected chi connectivity index (χ4v) is 2.75. The molecule has 0 aliphatic carbocycles. The van der Waals surface area contributed by atoms with Gasteiger partial charge in [0.15, 0.2) is 0 Å². The number of nitrogens with one attached hydrogen (secondary N) is 1. The Kier molecular flexibility index (Phi) is 5.37. The fraction of sp³-hybridized carbons (Fsp3) is 0.625. The molecule has 1 atom stereocenters. The molecule has 1 aliphatic heterocycles. The topological polar surface area (TPSA) is 52.0 Å². The molecule has 0 aromatic carbocycles. The maximum Gasteiger partial charge on any atom is 0.127 e. The first-order chi connectivity index (χ1) is 9.67. The average Bonchev–Trinajstić information content (AvgIpc) is 2.45. The maximum atomic E-state index is 8.97. The molecule has 1 aliphatic rings. The van der Waals surface area contributed by atoms with Crippen molar-refractivity contribution in [1.29, 1.82) is 5.26 Å². The summed E-state index contributed by atoms with van der Waals surface area (Å²) in [6.07, 6.45) is 4.06. The van der Waals surface area contributed by atoms with Gasteiger partial charge in [-0.3, -0.25) is 0 Å². The SMILES string of the molecule is Cc1cc(C#N)cc(NCC(C)CN2CCCCC2)n1. The number of aryl methyl sites for hydroxylation is 1. The van der Waals surface area contributed by atoms with E-state index in [4.69, 9.17) is 5.26 Å². The van der Waals surface area contributed by atoms with E-state index in [2.05, 4.69) is 28.2 Å². The van der Waals surface area contributed by atoms with Gasteiger partial charge in [0.05, 0.1) is 11.6 Å². The zero-order valence-electron chi connectivity index (χ0n) is 12.5. The van der Waals surface area contributed by atoms with Gasteiger partial charge in [0.2, 0.25) is 0 Å². The van der Waals surface area contributed by atoms with Crippen molar-refractivity contribution in [3.8, 4) is 6.07 Å². The lowest BCUT2D eigenvalue weighted by Crippen LogP contribution is -2.35. The van der Waals surface area contributed by atoms with E-state index < -0.39 is 0 Å². The molecule has 0 bridgehead atoms. The van der Waals surface area contributed by atoms with Crippen LogP contribution in [0, 0.1) is 24.2 Å². The van der Waals surface area contributed by atoms with E-state index in [1.165, 1.54) is 32.4 Å². The molecule has 1 N–H and O–H groups in total. The van der Waals surface area contributed by atoms with Crippen molar-refractivity contribution in [1.82, 2.24) is 9.88 Å². The predicted octanol–water partition coefficient (Wildman–Crippen LogP) is 2.80. The number of hydrogen-bond acceptors (Lipinski definition) is 4. The lowest BCUT2D eigenvalue weighted by molar-refractivity contribution is 0.204. The Morgan fingerprint density at radius 1 is 1.35 bits per heavy atom. The molecule has 4 heteroatoms. The Balaban J connectivity index is 1.82. The normalized spacial score (nSPS) is 17.4. The van der Waals surface area contributed by atoms with Gasteiger partial charge in [-0.2, -0.15) is 5.26 Å². The van der Waals surface area contributed by atoms with Crippen molar-refractivity contribution >= 4 is 5.82 Å². The molecular formula is C16H24N4. The minimum Gasteiger partial charge on any atom is -0.370 e. The molecule has 1 saturated heterocycles. The smallest absolute Gasteiger partial charge is 0.127 e. The van der Waals surface area contributed by atoms with E-state index in [1.54, 1.807) is 0 Å². The van der Waals surface area contributed by atoms with Gasteiger partial charge in [-0.1, -0.05) is 13.3 Å². The third-order valence-electron chi connectivity index (χ3n) is 3.73. The van der Waals surface area contributed by atoms with Crippen molar-refractivity contribution in [3.05, 3.63) is 23.4 Å². The number of nitrogens with zero attached hydrogens (tertiary/aromatic N) is 3. The van der Waals surface area contributed by atoms with Crippen molar-refractivity contribution in [3.63, 3.8) is 0 Å². The van der Waals surface area contributed by atoms with Gasteiger partial charge in [-0.05, 0) is 50.9 Å². The summed E-state index contributed by atoms with van der Waals surface area (Å²) in [6, 6.07) is 5.80. The third-order valence-corrected chi connectivity index (χ3v) is 3.73. The Morgan fingerprint density at radius 3 is 2.80 bits per heavy atom. The predicted molar refractivity (Wildman–Crippen MR) is 81.6 cm³/mol. The summed E-state index contributed by atoms with van der Waals surface area (Å²) in [5.74, 6) is 1.40. The van der Waals surface area contributed by atoms with Gasteiger partial charge in [-0.15, -0.1) is 0 Å². The highest BCUT2D eigenvalue weighted by Gasteiger charge is 2.13. The second kappa shape index (κ2) is 7.25. The zero-order chi connectivity index (χ0) is 14.4. The molecule has 4 nitrogen and oxygen atoms in total. The van der Waals surface area contributed by atoms with Gasteiger partial charge in [0, 0.05) is 18.8 Å². The Hall–Kier alpha value is -1.60. The Labute approximate surface area is 121 Å². The summed E-state index contributed by atoms with van der Waals surface area (Å²) in [4.78, 5) is 6.98. The summed E-state index contributed by atoms with van der Waals surface area (Å²) >= 11 is 0. The Bertz CT molecular complexity index is 472. The Morgan fingerprint density at radius 2 is 2.10 bits per heavy atom. The highest BCUT2D eigenvalue weighted by atomic mass is 15.1. The first-order valence-corrected chi connectivity index (χ1v) is 7.52. The molecule has 0 amide bonds. The van der Waals surface area contributed by atoms with Crippen LogP contribution in [0.25, 0.3) is 0 Å². The summed E-state index contributed by atoms with van der Waals surface area (Å²) < 4.78 is 0. The largest absolute Gasteiger partial charge is 0.370 e. The molecule has 0 saturated carbocycles. The van der Waals surface area contributed by atoms with Gasteiger partial charge in [-0.25, -0.2) is 4.98 Å². The number of rotatable bonds is 5. The van der Waals surface area contributed by atoms with Crippen LogP contribution in [0.5, 0.6) is 0 Å². The molecule has 20 heavy (non-hydrogen) atoms. The standard InChI is InChI=1S/C16H24N4/c1-13(12-20-6-4-3-5-7-20)11-18-16-9-15(10-17)8-14(2)19-16/h8-9,13H,3-7,11-12H2,1-2H3,(H,18,19). The lowest BCUT2D eigenvalue weighted by atomic mass is 10.1. The molecule has 0 spiro atoms. The maximum absolute atomic E-state index is 8.97. The lowest BCUT2D eigenvalue weighted by Gasteiger charge is -2.29. The summed E-state index contributed by atoms with van der Waals surface area (Å²) in [7, 11) is 0. The summed E-state index contributed by atoms with van der Waals surface area (Å²) in [5, 5.41) is 12.3. The van der Waals surface area contributed by atoms with Crippen molar-refractivity contribution in [2.24, 2.45) is 5.92 Å². The quantitative estimate of drug-likeness (QED) is 0.895. The van der Waals surface area contributed by atoms with Crippen LogP contribution in [-0.4, -0.2) is 36.1 Å². The summed E-state index contributed by atoms with van der Waals surface area (Å²) in [6.45, 7) is 8.71. The van der Waals surface area contributed by atoms with Gasteiger partial charge < -0.3 is 10.2 Å². The first kappa shape index (κ1) is 14.8. The minimum atomic E-state index is 0.584. The number of piperidine rings is 1. The molecule has 108 valence electrons. The summed E-state index contributed by atoms with van der Waals surface area (Å²) in [5.41, 5.74) is 1.55. The second-order valence-corrected chi connectivity index (χ2v) is 5.84. The van der Waals surface area contributed by atoms with Crippen LogP contribution in [0.4, 0.5) is 5.82 Å². The van der Waals surface area contributed by atoms with Crippen LogP contribution in [0.1, 0.15) is 37.4 Å². The van der Waals surface area contributed by atoms with E-state index in [0.29, 0.717) is 11.5 Å². The number of aromatic nitrogens is 1. The van der Waals surface area contributed by atoms with Crippen molar-refractivity contribution < 1.29 is 0 Å². The van der Waals surface area contributed by atoms with Crippen LogP contribution in [0.3, 0.4) is 0 Å². The first-order valence-electron chi connectivity index (χ1n) is 7.52. The zero-order valence-corrected chi connectivity index (χ0v) is 12.5. The highest BCUT2D eigenvalue weighted by Crippen LogP contribution is 2.13. The molecule has 1 fully saturated rings. The minimum absolute atomic E-state index is 0.584. The fourth-order valence-electron chi connectivity index (χ4n) is 2.75. The molecule has 2 heterocycles. The van der Waals surface area contributed by atoms with Crippen molar-refractivity contribution in [2.75, 3.05) is 31.5 Å². The van der Waals surface area contributed by atoms with Gasteiger partial charge >= 0.3 is 0 Å². The molecule has 1 unspecified atom stereocenters. The second-order valence-electron chi connectivity index (χ2n) is 5.84. The molecule has 2 rings (SSSR count).